The first-order valence-corrected chi connectivity index (χ1v) is 6.75. The van der Waals surface area contributed by atoms with E-state index in [4.69, 9.17) is 0 Å². The lowest BCUT2D eigenvalue weighted by molar-refractivity contribution is 0.577. The van der Waals surface area contributed by atoms with Crippen LogP contribution in [0.1, 0.15) is 17.3 Å². The smallest absolute Gasteiger partial charge is 0.257 e. The van der Waals surface area contributed by atoms with Gasteiger partial charge in [-0.1, -0.05) is 0 Å². The summed E-state index contributed by atoms with van der Waals surface area (Å²) >= 11 is 0. The van der Waals surface area contributed by atoms with Crippen molar-refractivity contribution in [3.8, 4) is 0 Å². The second-order valence-electron chi connectivity index (χ2n) is 3.75. The number of sulfonamides is 1. The van der Waals surface area contributed by atoms with Gasteiger partial charge in [0.05, 0.1) is 18.4 Å². The SMILES string of the molecule is Cc1nccc(CNS(=O)(=O)c2cnc(C)[nH]2)n1. The van der Waals surface area contributed by atoms with Gasteiger partial charge in [0.15, 0.2) is 5.03 Å². The largest absolute Gasteiger partial charge is 0.332 e. The van der Waals surface area contributed by atoms with Crippen LogP contribution in [0, 0.1) is 13.8 Å². The molecule has 0 aliphatic carbocycles. The molecule has 8 heteroatoms. The third kappa shape index (κ3) is 2.90. The highest BCUT2D eigenvalue weighted by atomic mass is 32.2. The Morgan fingerprint density at radius 3 is 2.72 bits per heavy atom. The lowest BCUT2D eigenvalue weighted by atomic mass is 10.4. The summed E-state index contributed by atoms with van der Waals surface area (Å²) in [6, 6.07) is 1.66. The fraction of sp³-hybridized carbons (Fsp3) is 0.300. The van der Waals surface area contributed by atoms with Crippen LogP contribution >= 0.6 is 0 Å². The molecular weight excluding hydrogens is 254 g/mol. The molecule has 0 saturated heterocycles. The number of aromatic amines is 1. The Hall–Kier alpha value is -1.80. The maximum absolute atomic E-state index is 11.9. The predicted octanol–water partition coefficient (Wildman–Crippen LogP) is 0.295. The van der Waals surface area contributed by atoms with Gasteiger partial charge < -0.3 is 4.98 Å². The summed E-state index contributed by atoms with van der Waals surface area (Å²) in [6.45, 7) is 3.55. The average Bonchev–Trinajstić information content (AvgIpc) is 2.74. The number of H-pyrrole nitrogens is 1. The Labute approximate surface area is 105 Å². The van der Waals surface area contributed by atoms with Crippen LogP contribution < -0.4 is 4.72 Å². The summed E-state index contributed by atoms with van der Waals surface area (Å²) in [5.41, 5.74) is 0.613. The molecular formula is C10H13N5O2S. The molecule has 0 spiro atoms. The Kier molecular flexibility index (Phi) is 3.39. The molecule has 0 atom stereocenters. The minimum atomic E-state index is -3.58. The maximum Gasteiger partial charge on any atom is 0.257 e. The summed E-state index contributed by atoms with van der Waals surface area (Å²) in [5, 5.41) is 0.0470. The summed E-state index contributed by atoms with van der Waals surface area (Å²) in [6.07, 6.45) is 2.87. The average molecular weight is 267 g/mol. The first-order valence-electron chi connectivity index (χ1n) is 5.27. The summed E-state index contributed by atoms with van der Waals surface area (Å²) in [4.78, 5) is 14.6. The van der Waals surface area contributed by atoms with Gasteiger partial charge >= 0.3 is 0 Å². The zero-order chi connectivity index (χ0) is 13.2. The van der Waals surface area contributed by atoms with Gasteiger partial charge in [-0.15, -0.1) is 0 Å². The number of rotatable bonds is 4. The van der Waals surface area contributed by atoms with Crippen molar-refractivity contribution < 1.29 is 8.42 Å². The molecule has 0 unspecified atom stereocenters. The number of imidazole rings is 1. The molecule has 2 aromatic heterocycles. The highest BCUT2D eigenvalue weighted by Gasteiger charge is 2.16. The number of hydrogen-bond acceptors (Lipinski definition) is 5. The zero-order valence-corrected chi connectivity index (χ0v) is 10.8. The summed E-state index contributed by atoms with van der Waals surface area (Å²) in [7, 11) is -3.58. The molecule has 0 aliphatic rings. The summed E-state index contributed by atoms with van der Waals surface area (Å²) in [5.74, 6) is 1.15. The van der Waals surface area contributed by atoms with Crippen molar-refractivity contribution in [3.63, 3.8) is 0 Å². The van der Waals surface area contributed by atoms with Gasteiger partial charge in [0.2, 0.25) is 0 Å². The first-order chi connectivity index (χ1) is 8.47. The zero-order valence-electron chi connectivity index (χ0n) is 10.0. The van der Waals surface area contributed by atoms with Gasteiger partial charge in [-0.25, -0.2) is 28.1 Å². The Balaban J connectivity index is 2.10. The van der Waals surface area contributed by atoms with Crippen LogP contribution in [0.15, 0.2) is 23.5 Å². The highest BCUT2D eigenvalue weighted by Crippen LogP contribution is 2.05. The molecule has 7 nitrogen and oxygen atoms in total. The lowest BCUT2D eigenvalue weighted by Gasteiger charge is -2.04. The van der Waals surface area contributed by atoms with E-state index < -0.39 is 10.0 Å². The monoisotopic (exact) mass is 267 g/mol. The van der Waals surface area contributed by atoms with Gasteiger partial charge in [-0.3, -0.25) is 0 Å². The van der Waals surface area contributed by atoms with Crippen molar-refractivity contribution >= 4 is 10.0 Å². The number of aryl methyl sites for hydroxylation is 2. The van der Waals surface area contributed by atoms with Gasteiger partial charge in [-0.05, 0) is 19.9 Å². The van der Waals surface area contributed by atoms with E-state index >= 15 is 0 Å². The molecule has 2 N–H and O–H groups in total. The molecule has 2 aromatic rings. The van der Waals surface area contributed by atoms with E-state index in [1.54, 1.807) is 26.1 Å². The Morgan fingerprint density at radius 1 is 1.33 bits per heavy atom. The van der Waals surface area contributed by atoms with E-state index in [0.717, 1.165) is 0 Å². The molecule has 0 radical (unpaired) electrons. The van der Waals surface area contributed by atoms with Crippen molar-refractivity contribution in [1.82, 2.24) is 24.7 Å². The quantitative estimate of drug-likeness (QED) is 0.829. The van der Waals surface area contributed by atoms with E-state index in [1.807, 2.05) is 0 Å². The number of aromatic nitrogens is 4. The van der Waals surface area contributed by atoms with Gasteiger partial charge in [0.25, 0.3) is 10.0 Å². The van der Waals surface area contributed by atoms with Crippen LogP contribution in [-0.4, -0.2) is 28.4 Å². The predicted molar refractivity (Wildman–Crippen MR) is 64.1 cm³/mol. The van der Waals surface area contributed by atoms with E-state index in [9.17, 15) is 8.42 Å². The molecule has 0 amide bonds. The molecule has 18 heavy (non-hydrogen) atoms. The van der Waals surface area contributed by atoms with Crippen LogP contribution in [0.2, 0.25) is 0 Å². The van der Waals surface area contributed by atoms with E-state index in [2.05, 4.69) is 24.7 Å². The van der Waals surface area contributed by atoms with Crippen LogP contribution in [0.5, 0.6) is 0 Å². The van der Waals surface area contributed by atoms with Crippen LogP contribution in [0.3, 0.4) is 0 Å². The fourth-order valence-electron chi connectivity index (χ4n) is 1.39. The van der Waals surface area contributed by atoms with Crippen molar-refractivity contribution in [2.75, 3.05) is 0 Å². The van der Waals surface area contributed by atoms with Crippen LogP contribution in [0.25, 0.3) is 0 Å². The minimum Gasteiger partial charge on any atom is -0.332 e. The van der Waals surface area contributed by atoms with Crippen molar-refractivity contribution in [2.24, 2.45) is 0 Å². The fourth-order valence-corrected chi connectivity index (χ4v) is 2.35. The second-order valence-corrected chi connectivity index (χ2v) is 5.49. The van der Waals surface area contributed by atoms with Gasteiger partial charge in [0, 0.05) is 6.20 Å². The van der Waals surface area contributed by atoms with Gasteiger partial charge in [0.1, 0.15) is 11.6 Å². The molecule has 2 heterocycles. The minimum absolute atomic E-state index is 0.0470. The second kappa shape index (κ2) is 4.83. The number of nitrogens with zero attached hydrogens (tertiary/aromatic N) is 3. The van der Waals surface area contributed by atoms with Crippen molar-refractivity contribution in [1.29, 1.82) is 0 Å². The molecule has 0 fully saturated rings. The maximum atomic E-state index is 11.9. The van der Waals surface area contributed by atoms with E-state index in [-0.39, 0.29) is 11.6 Å². The standard InChI is InChI=1S/C10H13N5O2S/c1-7-11-4-3-9(14-7)5-13-18(16,17)10-6-12-8(2)15-10/h3-4,6,13H,5H2,1-2H3,(H,12,15). The van der Waals surface area contributed by atoms with Crippen molar-refractivity contribution in [2.45, 2.75) is 25.4 Å². The molecule has 0 aromatic carbocycles. The third-order valence-electron chi connectivity index (χ3n) is 2.25. The summed E-state index contributed by atoms with van der Waals surface area (Å²) < 4.78 is 26.2. The van der Waals surface area contributed by atoms with E-state index in [1.165, 1.54) is 6.20 Å². The molecule has 96 valence electrons. The normalized spacial score (nSPS) is 11.7. The molecule has 0 bridgehead atoms. The van der Waals surface area contributed by atoms with Crippen LogP contribution in [-0.2, 0) is 16.6 Å². The highest BCUT2D eigenvalue weighted by molar-refractivity contribution is 7.89. The first kappa shape index (κ1) is 12.7. The molecule has 0 aliphatic heterocycles. The third-order valence-corrected chi connectivity index (χ3v) is 3.56. The topological polar surface area (TPSA) is 101 Å². The number of hydrogen-bond donors (Lipinski definition) is 2. The molecule has 2 rings (SSSR count). The van der Waals surface area contributed by atoms with Gasteiger partial charge in [-0.2, -0.15) is 0 Å². The lowest BCUT2D eigenvalue weighted by Crippen LogP contribution is -2.24. The Morgan fingerprint density at radius 2 is 2.11 bits per heavy atom. The number of nitrogens with one attached hydrogen (secondary N) is 2. The van der Waals surface area contributed by atoms with Crippen molar-refractivity contribution in [3.05, 3.63) is 35.8 Å². The van der Waals surface area contributed by atoms with Crippen LogP contribution in [0.4, 0.5) is 0 Å². The Bertz CT molecular complexity index is 650. The van der Waals surface area contributed by atoms with E-state index in [0.29, 0.717) is 17.3 Å². The molecule has 0 saturated carbocycles.